The minimum absolute atomic E-state index is 0.0231. The van der Waals surface area contributed by atoms with Crippen LogP contribution in [0.15, 0.2) is 54.2 Å². The van der Waals surface area contributed by atoms with E-state index in [9.17, 15) is 18.8 Å². The fraction of sp³-hybridized carbons (Fsp3) is 0.227. The molecule has 2 aromatic rings. The van der Waals surface area contributed by atoms with E-state index in [1.54, 1.807) is 30.3 Å². The smallest absolute Gasteiger partial charge is 0.329 e. The molecule has 4 amide bonds. The second-order valence-electron chi connectivity index (χ2n) is 7.18. The molecular weight excluding hydrogens is 389 g/mol. The molecule has 2 N–H and O–H groups in total. The van der Waals surface area contributed by atoms with Crippen molar-refractivity contribution in [2.24, 2.45) is 5.92 Å². The van der Waals surface area contributed by atoms with Crippen LogP contribution in [0, 0.1) is 11.7 Å². The van der Waals surface area contributed by atoms with Gasteiger partial charge in [0.2, 0.25) is 5.91 Å². The molecule has 0 atom stereocenters. The molecule has 0 saturated carbocycles. The lowest BCUT2D eigenvalue weighted by molar-refractivity contribution is -0.127. The monoisotopic (exact) mass is 411 g/mol. The molecular formula is C22H22FN3O4. The summed E-state index contributed by atoms with van der Waals surface area (Å²) in [6.07, 6.45) is 1.52. The molecule has 30 heavy (non-hydrogen) atoms. The molecule has 2 aromatic carbocycles. The van der Waals surface area contributed by atoms with Gasteiger partial charge in [-0.3, -0.25) is 9.59 Å². The number of ether oxygens (including phenoxy) is 1. The zero-order valence-corrected chi connectivity index (χ0v) is 16.6. The van der Waals surface area contributed by atoms with E-state index in [1.807, 2.05) is 0 Å². The molecule has 3 rings (SSSR count). The lowest BCUT2D eigenvalue weighted by atomic mass is 10.2. The van der Waals surface area contributed by atoms with Gasteiger partial charge in [0, 0.05) is 0 Å². The van der Waals surface area contributed by atoms with E-state index in [1.165, 1.54) is 24.3 Å². The first-order valence-electron chi connectivity index (χ1n) is 9.45. The molecule has 0 radical (unpaired) electrons. The highest BCUT2D eigenvalue weighted by Gasteiger charge is 2.35. The molecule has 1 aliphatic rings. The number of carbonyl (C=O) groups is 3. The van der Waals surface area contributed by atoms with Crippen LogP contribution >= 0.6 is 0 Å². The van der Waals surface area contributed by atoms with Crippen LogP contribution < -0.4 is 15.4 Å². The Labute approximate surface area is 173 Å². The van der Waals surface area contributed by atoms with Crippen LogP contribution in [0.2, 0.25) is 0 Å². The van der Waals surface area contributed by atoms with Crippen LogP contribution in [0.5, 0.6) is 5.75 Å². The minimum Gasteiger partial charge on any atom is -0.493 e. The molecule has 1 fully saturated rings. The van der Waals surface area contributed by atoms with Crippen molar-refractivity contribution in [1.82, 2.24) is 10.2 Å². The molecule has 0 unspecified atom stereocenters. The van der Waals surface area contributed by atoms with E-state index >= 15 is 0 Å². The average molecular weight is 411 g/mol. The number of nitrogens with one attached hydrogen (secondary N) is 2. The summed E-state index contributed by atoms with van der Waals surface area (Å²) in [5, 5.41) is 4.80. The third kappa shape index (κ3) is 5.22. The number of hydrogen-bond acceptors (Lipinski definition) is 4. The minimum atomic E-state index is -0.716. The van der Waals surface area contributed by atoms with Crippen molar-refractivity contribution in [3.8, 4) is 5.75 Å². The summed E-state index contributed by atoms with van der Waals surface area (Å²) < 4.78 is 19.3. The highest BCUT2D eigenvalue weighted by molar-refractivity contribution is 6.15. The van der Waals surface area contributed by atoms with Gasteiger partial charge in [0.25, 0.3) is 5.91 Å². The number of halogens is 1. The molecule has 0 spiro atoms. The number of rotatable bonds is 7. The zero-order valence-electron chi connectivity index (χ0n) is 16.6. The molecule has 156 valence electrons. The van der Waals surface area contributed by atoms with Gasteiger partial charge in [0.15, 0.2) is 0 Å². The molecule has 1 aliphatic heterocycles. The fourth-order valence-electron chi connectivity index (χ4n) is 2.70. The standard InChI is InChI=1S/C22H22FN3O4/c1-14(2)13-30-16-9-7-15(8-10-16)11-19-21(28)26(22(29)25-19)12-20(27)24-18-6-4-3-5-17(18)23/h3-11,14H,12-13H2,1-2H3,(H,24,27)(H,25,29)/b19-11+. The van der Waals surface area contributed by atoms with Crippen molar-refractivity contribution in [1.29, 1.82) is 0 Å². The summed E-state index contributed by atoms with van der Waals surface area (Å²) in [4.78, 5) is 37.5. The number of benzene rings is 2. The average Bonchev–Trinajstić information content (AvgIpc) is 2.96. The number of anilines is 1. The van der Waals surface area contributed by atoms with Crippen LogP contribution in [0.4, 0.5) is 14.9 Å². The normalized spacial score (nSPS) is 14.9. The highest BCUT2D eigenvalue weighted by Crippen LogP contribution is 2.18. The Kier molecular flexibility index (Phi) is 6.46. The summed E-state index contributed by atoms with van der Waals surface area (Å²) in [7, 11) is 0. The van der Waals surface area contributed by atoms with Crippen LogP contribution in [0.3, 0.4) is 0 Å². The topological polar surface area (TPSA) is 87.7 Å². The van der Waals surface area contributed by atoms with E-state index < -0.39 is 30.2 Å². The number of hydrogen-bond donors (Lipinski definition) is 2. The van der Waals surface area contributed by atoms with E-state index in [-0.39, 0.29) is 11.4 Å². The first-order valence-corrected chi connectivity index (χ1v) is 9.45. The van der Waals surface area contributed by atoms with Crippen LogP contribution in [0.1, 0.15) is 19.4 Å². The van der Waals surface area contributed by atoms with E-state index in [2.05, 4.69) is 24.5 Å². The second-order valence-corrected chi connectivity index (χ2v) is 7.18. The van der Waals surface area contributed by atoms with Gasteiger partial charge in [-0.25, -0.2) is 14.1 Å². The van der Waals surface area contributed by atoms with Gasteiger partial charge in [-0.05, 0) is 41.8 Å². The van der Waals surface area contributed by atoms with Crippen LogP contribution in [-0.2, 0) is 9.59 Å². The van der Waals surface area contributed by atoms with Crippen molar-refractivity contribution in [2.75, 3.05) is 18.5 Å². The molecule has 0 bridgehead atoms. The van der Waals surface area contributed by atoms with Gasteiger partial charge in [0.05, 0.1) is 12.3 Å². The van der Waals surface area contributed by atoms with E-state index in [0.717, 1.165) is 4.90 Å². The Bertz CT molecular complexity index is 986. The number of urea groups is 1. The Morgan fingerprint density at radius 3 is 2.53 bits per heavy atom. The highest BCUT2D eigenvalue weighted by atomic mass is 19.1. The quantitative estimate of drug-likeness (QED) is 0.540. The maximum Gasteiger partial charge on any atom is 0.329 e. The predicted molar refractivity (Wildman–Crippen MR) is 110 cm³/mol. The summed E-state index contributed by atoms with van der Waals surface area (Å²) in [5.41, 5.74) is 0.716. The maximum atomic E-state index is 13.6. The summed E-state index contributed by atoms with van der Waals surface area (Å²) in [6.45, 7) is 4.17. The molecule has 8 heteroatoms. The first-order chi connectivity index (χ1) is 14.3. The molecule has 1 heterocycles. The Balaban J connectivity index is 1.64. The number of amides is 4. The summed E-state index contributed by atoms with van der Waals surface area (Å²) in [5.74, 6) is -0.816. The Morgan fingerprint density at radius 2 is 1.87 bits per heavy atom. The third-order valence-electron chi connectivity index (χ3n) is 4.19. The number of para-hydroxylation sites is 1. The number of carbonyl (C=O) groups excluding carboxylic acids is 3. The first kappa shape index (κ1) is 21.0. The van der Waals surface area contributed by atoms with Crippen molar-refractivity contribution >= 4 is 29.6 Å². The summed E-state index contributed by atoms with van der Waals surface area (Å²) in [6, 6.07) is 12.0. The largest absolute Gasteiger partial charge is 0.493 e. The lowest BCUT2D eigenvalue weighted by Gasteiger charge is -2.12. The summed E-state index contributed by atoms with van der Waals surface area (Å²) >= 11 is 0. The predicted octanol–water partition coefficient (Wildman–Crippen LogP) is 3.39. The van der Waals surface area contributed by atoms with Crippen molar-refractivity contribution in [2.45, 2.75) is 13.8 Å². The van der Waals surface area contributed by atoms with Crippen molar-refractivity contribution < 1.29 is 23.5 Å². The zero-order chi connectivity index (χ0) is 21.7. The van der Waals surface area contributed by atoms with Gasteiger partial charge in [-0.15, -0.1) is 0 Å². The van der Waals surface area contributed by atoms with Gasteiger partial charge >= 0.3 is 6.03 Å². The maximum absolute atomic E-state index is 13.6. The SMILES string of the molecule is CC(C)COc1ccc(/C=C2/NC(=O)N(CC(=O)Nc3ccccc3F)C2=O)cc1. The van der Waals surface area contributed by atoms with Gasteiger partial charge in [-0.2, -0.15) is 0 Å². The third-order valence-corrected chi connectivity index (χ3v) is 4.19. The molecule has 1 saturated heterocycles. The fourth-order valence-corrected chi connectivity index (χ4v) is 2.70. The van der Waals surface area contributed by atoms with E-state index in [4.69, 9.17) is 4.74 Å². The lowest BCUT2D eigenvalue weighted by Crippen LogP contribution is -2.38. The number of nitrogens with zero attached hydrogens (tertiary/aromatic N) is 1. The Morgan fingerprint density at radius 1 is 1.17 bits per heavy atom. The Hall–Kier alpha value is -3.68. The van der Waals surface area contributed by atoms with Crippen LogP contribution in [0.25, 0.3) is 6.08 Å². The second kappa shape index (κ2) is 9.21. The molecule has 7 nitrogen and oxygen atoms in total. The van der Waals surface area contributed by atoms with Gasteiger partial charge < -0.3 is 15.4 Å². The van der Waals surface area contributed by atoms with Crippen molar-refractivity contribution in [3.05, 3.63) is 65.6 Å². The van der Waals surface area contributed by atoms with Gasteiger partial charge in [-0.1, -0.05) is 38.1 Å². The van der Waals surface area contributed by atoms with Crippen molar-refractivity contribution in [3.63, 3.8) is 0 Å². The molecule has 0 aromatic heterocycles. The van der Waals surface area contributed by atoms with E-state index in [0.29, 0.717) is 23.8 Å². The number of imide groups is 1. The van der Waals surface area contributed by atoms with Gasteiger partial charge in [0.1, 0.15) is 23.8 Å². The molecule has 0 aliphatic carbocycles. The van der Waals surface area contributed by atoms with Crippen LogP contribution in [-0.4, -0.2) is 35.9 Å².